The van der Waals surface area contributed by atoms with Gasteiger partial charge in [-0.25, -0.2) is 0 Å². The van der Waals surface area contributed by atoms with Crippen molar-refractivity contribution in [2.24, 2.45) is 0 Å². The van der Waals surface area contributed by atoms with Crippen LogP contribution in [0.3, 0.4) is 0 Å². The van der Waals surface area contributed by atoms with Gasteiger partial charge in [-0.15, -0.1) is 0 Å². The molecule has 30 heteroatoms. The van der Waals surface area contributed by atoms with Crippen LogP contribution in [0, 0.1) is 0 Å². The molecule has 480 valence electrons. The van der Waals surface area contributed by atoms with Gasteiger partial charge in [-0.05, 0) is 138 Å². The van der Waals surface area contributed by atoms with E-state index in [4.69, 9.17) is 102 Å². The minimum atomic E-state index is -0.593. The molecule has 0 aromatic heterocycles. The van der Waals surface area contributed by atoms with Gasteiger partial charge in [0.25, 0.3) is 0 Å². The molecule has 20 nitrogen and oxygen atoms in total. The number of hydrogen-bond acceptors (Lipinski definition) is 20. The maximum atomic E-state index is 8.38. The maximum absolute atomic E-state index is 8.38. The Bertz CT molecular complexity index is 629. The molecule has 0 spiro atoms. The van der Waals surface area contributed by atoms with Gasteiger partial charge < -0.3 is 102 Å². The molecule has 0 heterocycles. The van der Waals surface area contributed by atoms with E-state index in [2.05, 4.69) is 48.2 Å². The number of rotatable bonds is 10. The van der Waals surface area contributed by atoms with Crippen molar-refractivity contribution in [1.29, 1.82) is 0 Å². The van der Waals surface area contributed by atoms with Crippen LogP contribution in [0.4, 0.5) is 0 Å². The van der Waals surface area contributed by atoms with Crippen molar-refractivity contribution in [3.8, 4) is 0 Å². The van der Waals surface area contributed by atoms with E-state index >= 15 is 0 Å². The fourth-order valence-electron chi connectivity index (χ4n) is 0. The average Bonchev–Trinajstić information content (AvgIpc) is 3.41. The fraction of sp³-hybridized carbons (Fsp3) is 0.800. The predicted molar refractivity (Wildman–Crippen MR) is 305 cm³/mol. The Morgan fingerprint density at radius 1 is 0.113 bits per heavy atom. The van der Waals surface area contributed by atoms with Gasteiger partial charge in [0.1, 0.15) is 0 Å². The van der Waals surface area contributed by atoms with Crippen molar-refractivity contribution in [2.75, 3.05) is 0 Å². The molecule has 0 unspecified atom stereocenters. The zero-order chi connectivity index (χ0) is 71.5. The van der Waals surface area contributed by atoms with Crippen LogP contribution in [0.5, 0.6) is 0 Å². The summed E-state index contributed by atoms with van der Waals surface area (Å²) in [5.74, 6) is 0. The van der Waals surface area contributed by atoms with Gasteiger partial charge in [0.15, 0.2) is 0 Å². The quantitative estimate of drug-likeness (QED) is 0.0978. The molecule has 0 saturated carbocycles. The molecule has 0 aliphatic carbocycles. The summed E-state index contributed by atoms with van der Waals surface area (Å²) in [7, 11) is 0. The number of aliphatic hydroxyl groups is 20. The van der Waals surface area contributed by atoms with Crippen molar-refractivity contribution in [3.05, 3.63) is 0 Å². The molecule has 0 aliphatic heterocycles. The van der Waals surface area contributed by atoms with Crippen molar-refractivity contribution < 1.29 is 302 Å². The third-order valence-corrected chi connectivity index (χ3v) is 6.98. The van der Waals surface area contributed by atoms with E-state index in [0.29, 0.717) is 0 Å². The average molecular weight is 1520 g/mol. The van der Waals surface area contributed by atoms with Gasteiger partial charge in [-0.2, -0.15) is 0 Å². The van der Waals surface area contributed by atoms with Crippen LogP contribution in [0.1, 0.15) is 138 Å². The van der Waals surface area contributed by atoms with E-state index in [-0.39, 0.29) is 0 Å². The second-order valence-electron chi connectivity index (χ2n) is 14.8. The molecule has 0 fully saturated rings. The van der Waals surface area contributed by atoms with Gasteiger partial charge in [-0.1, -0.05) is 0 Å². The first-order valence-corrected chi connectivity index (χ1v) is 34.6. The topological polar surface area (TPSA) is 405 Å². The Morgan fingerprint density at radius 3 is 0.125 bits per heavy atom. The normalized spacial score (nSPS) is 15.4. The SMILES string of the molecule is C[C@@H](O)[C@@H](C)O.C[C@@H](O)[C@@H](C)O.C[C@@H](O)[C@@H](C)O.C[C@@H](O)[C@@H](C)O.C[C@@H](O)[C@@H](C)O.C[C@@H](O)[C@@H](C)O.C[C@@H](O)[C@@H](C)O.C[C@@H](O)[C@@H](C)O.C[C@@H](O)[C@@H](C)O.C[C@@H](O)[C@@H](C)O.[CH2]=[Ti].[CH2]=[Ti].[CH2]=[Ti].[CH2]=[Ti].[CH2]=[Ti].[CH2]=[Ti].[CH2]=[Ti].[CH2]=[Ti].[CH2]=[Ti].[CH2]=[Ti]. The van der Waals surface area contributed by atoms with E-state index < -0.39 is 122 Å². The molecule has 0 aliphatic rings. The standard InChI is InChI=1S/10C4H10O2.10CH2.10Ti/c10*1-3(5)4(2)6;;;;;;;;;;;;;;;;;;;;/h10*3-6H,1-2H3;10*1H2;;;;;;;;;;/t10*3-,4-;;;;;;;;;;;;;;;;;;;;/m1111111111..................../s1. The number of aliphatic hydroxyl groups excluding tert-OH is 20. The second kappa shape index (κ2) is 137. The molecule has 0 rings (SSSR count). The molecule has 20 N–H and O–H groups in total. The predicted octanol–water partition coefficient (Wildman–Crippen LogP) is -2.87. The first-order chi connectivity index (χ1) is 36.4. The summed E-state index contributed by atoms with van der Waals surface area (Å²) >= 11 is 17.5. The minimum absolute atomic E-state index is 0.593. The Kier molecular flexibility index (Phi) is 243. The summed E-state index contributed by atoms with van der Waals surface area (Å²) in [6.45, 7) is 30.9. The van der Waals surface area contributed by atoms with E-state index in [1.807, 2.05) is 0 Å². The molecule has 80 heavy (non-hydrogen) atoms. The summed E-state index contributed by atoms with van der Waals surface area (Å²) in [5.41, 5.74) is 0. The van der Waals surface area contributed by atoms with Crippen LogP contribution in [-0.2, 0) is 200 Å². The van der Waals surface area contributed by atoms with E-state index in [1.165, 1.54) is 0 Å². The first-order valence-electron chi connectivity index (χ1n) is 23.6. The first kappa shape index (κ1) is 142. The molecular formula is C50H120O20Ti10. The monoisotopic (exact) mass is 1520 g/mol. The molecule has 0 saturated heterocycles. The summed E-state index contributed by atoms with van der Waals surface area (Å²) < 4.78 is 0. The van der Waals surface area contributed by atoms with Crippen LogP contribution in [0.25, 0.3) is 0 Å². The second-order valence-corrected chi connectivity index (χ2v) is 14.8. The Labute approximate surface area is 602 Å². The Balaban J connectivity index is -0.0000000268. The molecule has 0 aromatic rings. The molecule has 0 bridgehead atoms. The van der Waals surface area contributed by atoms with Crippen LogP contribution < -0.4 is 0 Å². The zero-order valence-corrected chi connectivity index (χ0v) is 68.2. The van der Waals surface area contributed by atoms with Gasteiger partial charge in [0.2, 0.25) is 0 Å². The molecule has 0 amide bonds. The van der Waals surface area contributed by atoms with Gasteiger partial charge in [-0.3, -0.25) is 0 Å². The van der Waals surface area contributed by atoms with Gasteiger partial charge in [0.05, 0.1) is 122 Å². The van der Waals surface area contributed by atoms with E-state index in [9.17, 15) is 0 Å². The van der Waals surface area contributed by atoms with Crippen LogP contribution in [0.2, 0.25) is 0 Å². The Hall–Kier alpha value is 5.04. The van der Waals surface area contributed by atoms with Crippen molar-refractivity contribution in [1.82, 2.24) is 0 Å². The van der Waals surface area contributed by atoms with Crippen molar-refractivity contribution >= 4 is 48.2 Å². The third-order valence-electron chi connectivity index (χ3n) is 6.98. The van der Waals surface area contributed by atoms with E-state index in [1.54, 1.807) is 338 Å². The van der Waals surface area contributed by atoms with Crippen LogP contribution in [-0.4, -0.2) is 272 Å². The summed E-state index contributed by atoms with van der Waals surface area (Å²) in [5, 5.41) is 168. The summed E-state index contributed by atoms with van der Waals surface area (Å²) in [4.78, 5) is 32.5. The van der Waals surface area contributed by atoms with Gasteiger partial charge >= 0.3 is 248 Å². The fourth-order valence-corrected chi connectivity index (χ4v) is 0. The molecule has 0 radical (unpaired) electrons. The third kappa shape index (κ3) is 276. The van der Waals surface area contributed by atoms with Crippen molar-refractivity contribution in [2.45, 2.75) is 261 Å². The molecule has 20 atom stereocenters. The van der Waals surface area contributed by atoms with Gasteiger partial charge in [0, 0.05) is 0 Å². The summed E-state index contributed by atoms with van der Waals surface area (Å²) in [6, 6.07) is 0. The number of hydrogen-bond donors (Lipinski definition) is 20. The Morgan fingerprint density at radius 2 is 0.125 bits per heavy atom. The van der Waals surface area contributed by atoms with Crippen LogP contribution >= 0.6 is 0 Å². The zero-order valence-electron chi connectivity index (χ0n) is 52.6. The summed E-state index contributed by atoms with van der Waals surface area (Å²) in [6.07, 6.45) is -11.9. The van der Waals surface area contributed by atoms with Crippen LogP contribution in [0.15, 0.2) is 0 Å². The molecular weight excluding hydrogens is 1400 g/mol. The van der Waals surface area contributed by atoms with Crippen molar-refractivity contribution in [3.63, 3.8) is 0 Å². The van der Waals surface area contributed by atoms with E-state index in [0.717, 1.165) is 0 Å². The molecule has 0 aromatic carbocycles.